The van der Waals surface area contributed by atoms with Crippen LogP contribution in [-0.4, -0.2) is 34.8 Å². The minimum absolute atomic E-state index is 0.0418. The van der Waals surface area contributed by atoms with Crippen LogP contribution < -0.4 is 4.90 Å². The fourth-order valence-electron chi connectivity index (χ4n) is 2.94. The second-order valence-corrected chi connectivity index (χ2v) is 7.01. The van der Waals surface area contributed by atoms with Gasteiger partial charge in [-0.25, -0.2) is 9.37 Å². The molecule has 1 aromatic heterocycles. The highest BCUT2D eigenvalue weighted by Crippen LogP contribution is 2.41. The third-order valence-corrected chi connectivity index (χ3v) is 5.25. The van der Waals surface area contributed by atoms with Crippen molar-refractivity contribution in [2.24, 2.45) is 5.92 Å². The average molecular weight is 443 g/mol. The Labute approximate surface area is 153 Å². The first-order valence-electron chi connectivity index (χ1n) is 7.50. The van der Waals surface area contributed by atoms with Crippen molar-refractivity contribution in [1.29, 1.82) is 0 Å². The zero-order chi connectivity index (χ0) is 18.4. The standard InChI is InChI=1S/C15H13BrClF4N3O/c16-10-9(15(19,20)21)5-8-12(11(10)18)22-14(17)23-13(8)24-3-1-7(6-25)2-4-24/h5,7,25H,1-4,6H2. The van der Waals surface area contributed by atoms with E-state index in [2.05, 4.69) is 25.9 Å². The van der Waals surface area contributed by atoms with Crippen LogP contribution >= 0.6 is 27.5 Å². The first-order chi connectivity index (χ1) is 11.7. The summed E-state index contributed by atoms with van der Waals surface area (Å²) in [7, 11) is 0. The van der Waals surface area contributed by atoms with E-state index in [1.807, 2.05) is 0 Å². The second-order valence-electron chi connectivity index (χ2n) is 5.88. The summed E-state index contributed by atoms with van der Waals surface area (Å²) in [6, 6.07) is 0.840. The number of anilines is 1. The van der Waals surface area contributed by atoms with Gasteiger partial charge >= 0.3 is 6.18 Å². The normalized spacial score (nSPS) is 16.7. The van der Waals surface area contributed by atoms with Crippen molar-refractivity contribution in [2.75, 3.05) is 24.6 Å². The minimum Gasteiger partial charge on any atom is -0.396 e. The summed E-state index contributed by atoms with van der Waals surface area (Å²) in [6.07, 6.45) is -3.41. The lowest BCUT2D eigenvalue weighted by Crippen LogP contribution is -2.35. The molecule has 1 aliphatic heterocycles. The number of fused-ring (bicyclic) bond motifs is 1. The summed E-state index contributed by atoms with van der Waals surface area (Å²) < 4.78 is 53.4. The van der Waals surface area contributed by atoms with Gasteiger partial charge < -0.3 is 10.0 Å². The molecule has 0 amide bonds. The van der Waals surface area contributed by atoms with Crippen LogP contribution in [0.4, 0.5) is 23.4 Å². The fourth-order valence-corrected chi connectivity index (χ4v) is 3.63. The summed E-state index contributed by atoms with van der Waals surface area (Å²) in [6.45, 7) is 1.01. The molecule has 136 valence electrons. The van der Waals surface area contributed by atoms with Crippen LogP contribution in [0.5, 0.6) is 0 Å². The van der Waals surface area contributed by atoms with E-state index in [-0.39, 0.29) is 34.5 Å². The van der Waals surface area contributed by atoms with Gasteiger partial charge in [0, 0.05) is 25.1 Å². The number of aliphatic hydroxyl groups excluding tert-OH is 1. The third kappa shape index (κ3) is 3.54. The highest BCUT2D eigenvalue weighted by molar-refractivity contribution is 9.10. The number of benzene rings is 1. The summed E-state index contributed by atoms with van der Waals surface area (Å²) >= 11 is 8.52. The minimum atomic E-state index is -4.73. The van der Waals surface area contributed by atoms with Crippen molar-refractivity contribution in [3.8, 4) is 0 Å². The zero-order valence-corrected chi connectivity index (χ0v) is 15.1. The molecule has 2 heterocycles. The molecule has 0 spiro atoms. The Bertz CT molecular complexity index is 810. The van der Waals surface area contributed by atoms with Crippen molar-refractivity contribution in [1.82, 2.24) is 9.97 Å². The lowest BCUT2D eigenvalue weighted by Gasteiger charge is -2.32. The summed E-state index contributed by atoms with van der Waals surface area (Å²) in [4.78, 5) is 9.54. The molecule has 1 aromatic carbocycles. The van der Waals surface area contributed by atoms with Gasteiger partial charge in [0.2, 0.25) is 5.28 Å². The number of halogens is 6. The highest BCUT2D eigenvalue weighted by Gasteiger charge is 2.36. The predicted octanol–water partition coefficient (Wildman–Crippen LogP) is 4.41. The molecular formula is C15H13BrClF4N3O. The Kier molecular flexibility index (Phi) is 5.09. The van der Waals surface area contributed by atoms with Gasteiger partial charge in [-0.2, -0.15) is 18.2 Å². The fraction of sp³-hybridized carbons (Fsp3) is 0.467. The quantitative estimate of drug-likeness (QED) is 0.553. The summed E-state index contributed by atoms with van der Waals surface area (Å²) in [5, 5.41) is 8.93. The van der Waals surface area contributed by atoms with Gasteiger partial charge in [-0.1, -0.05) is 0 Å². The molecule has 10 heteroatoms. The Morgan fingerprint density at radius 1 is 1.28 bits per heavy atom. The largest absolute Gasteiger partial charge is 0.417 e. The molecule has 1 aliphatic rings. The molecule has 0 saturated carbocycles. The molecule has 0 radical (unpaired) electrons. The van der Waals surface area contributed by atoms with E-state index < -0.39 is 22.0 Å². The van der Waals surface area contributed by atoms with E-state index in [4.69, 9.17) is 11.6 Å². The van der Waals surface area contributed by atoms with Crippen molar-refractivity contribution >= 4 is 44.3 Å². The van der Waals surface area contributed by atoms with Crippen molar-refractivity contribution in [3.63, 3.8) is 0 Å². The lowest BCUT2D eigenvalue weighted by molar-refractivity contribution is -0.138. The van der Waals surface area contributed by atoms with Gasteiger partial charge in [-0.3, -0.25) is 0 Å². The molecule has 0 unspecified atom stereocenters. The Balaban J connectivity index is 2.17. The van der Waals surface area contributed by atoms with Crippen molar-refractivity contribution in [3.05, 3.63) is 27.2 Å². The van der Waals surface area contributed by atoms with Crippen LogP contribution in [0.15, 0.2) is 10.5 Å². The maximum atomic E-state index is 14.5. The second kappa shape index (κ2) is 6.85. The molecule has 0 aliphatic carbocycles. The lowest BCUT2D eigenvalue weighted by atomic mass is 9.97. The number of hydrogen-bond donors (Lipinski definition) is 1. The van der Waals surface area contributed by atoms with Crippen LogP contribution in [0.2, 0.25) is 5.28 Å². The molecule has 1 saturated heterocycles. The van der Waals surface area contributed by atoms with Gasteiger partial charge in [0.15, 0.2) is 5.82 Å². The number of aromatic nitrogens is 2. The van der Waals surface area contributed by atoms with E-state index in [1.165, 1.54) is 0 Å². The number of aliphatic hydroxyl groups is 1. The van der Waals surface area contributed by atoms with Gasteiger partial charge in [0.1, 0.15) is 11.3 Å². The van der Waals surface area contributed by atoms with Crippen molar-refractivity contribution < 1.29 is 22.7 Å². The summed E-state index contributed by atoms with van der Waals surface area (Å²) in [5.41, 5.74) is -1.39. The SMILES string of the molecule is OCC1CCN(c2nc(Cl)nc3c(F)c(Br)c(C(F)(F)F)cc23)CC1. The summed E-state index contributed by atoms with van der Waals surface area (Å²) in [5.74, 6) is -0.819. The van der Waals surface area contributed by atoms with Crippen LogP contribution in [0, 0.1) is 11.7 Å². The van der Waals surface area contributed by atoms with Crippen LogP contribution in [0.1, 0.15) is 18.4 Å². The van der Waals surface area contributed by atoms with E-state index in [1.54, 1.807) is 4.90 Å². The molecular weight excluding hydrogens is 430 g/mol. The van der Waals surface area contributed by atoms with Crippen LogP contribution in [0.25, 0.3) is 10.9 Å². The van der Waals surface area contributed by atoms with E-state index >= 15 is 0 Å². The van der Waals surface area contributed by atoms with Gasteiger partial charge in [-0.15, -0.1) is 0 Å². The Morgan fingerprint density at radius 2 is 1.92 bits per heavy atom. The van der Waals surface area contributed by atoms with E-state index in [0.717, 1.165) is 6.07 Å². The first kappa shape index (κ1) is 18.6. The number of hydrogen-bond acceptors (Lipinski definition) is 4. The highest BCUT2D eigenvalue weighted by atomic mass is 79.9. The maximum absolute atomic E-state index is 14.5. The predicted molar refractivity (Wildman–Crippen MR) is 89.2 cm³/mol. The molecule has 0 bridgehead atoms. The van der Waals surface area contributed by atoms with Crippen LogP contribution in [-0.2, 0) is 6.18 Å². The molecule has 2 aromatic rings. The topological polar surface area (TPSA) is 49.2 Å². The van der Waals surface area contributed by atoms with Gasteiger partial charge in [0.05, 0.1) is 10.0 Å². The maximum Gasteiger partial charge on any atom is 0.417 e. The van der Waals surface area contributed by atoms with Gasteiger partial charge in [0.25, 0.3) is 0 Å². The molecule has 3 rings (SSSR count). The Hall–Kier alpha value is -1.19. The van der Waals surface area contributed by atoms with Gasteiger partial charge in [-0.05, 0) is 52.4 Å². The first-order valence-corrected chi connectivity index (χ1v) is 8.67. The molecule has 1 N–H and O–H groups in total. The molecule has 25 heavy (non-hydrogen) atoms. The third-order valence-electron chi connectivity index (χ3n) is 4.30. The molecule has 1 fully saturated rings. The zero-order valence-electron chi connectivity index (χ0n) is 12.7. The number of nitrogens with zero attached hydrogens (tertiary/aromatic N) is 3. The number of alkyl halides is 3. The number of piperidine rings is 1. The van der Waals surface area contributed by atoms with E-state index in [0.29, 0.717) is 25.9 Å². The van der Waals surface area contributed by atoms with Crippen molar-refractivity contribution in [2.45, 2.75) is 19.0 Å². The molecule has 0 atom stereocenters. The van der Waals surface area contributed by atoms with E-state index in [9.17, 15) is 22.7 Å². The Morgan fingerprint density at radius 3 is 2.48 bits per heavy atom. The molecule has 4 nitrogen and oxygen atoms in total. The average Bonchev–Trinajstić information content (AvgIpc) is 2.57. The smallest absolute Gasteiger partial charge is 0.396 e. The monoisotopic (exact) mass is 441 g/mol. The number of rotatable bonds is 2. The van der Waals surface area contributed by atoms with Crippen LogP contribution in [0.3, 0.4) is 0 Å².